The maximum absolute atomic E-state index is 13.4. The van der Waals surface area contributed by atoms with E-state index in [4.69, 9.17) is 11.6 Å². The van der Waals surface area contributed by atoms with E-state index in [1.165, 1.54) is 4.90 Å². The van der Waals surface area contributed by atoms with E-state index in [-0.39, 0.29) is 18.4 Å². The molecule has 0 bridgehead atoms. The highest BCUT2D eigenvalue weighted by atomic mass is 35.5. The number of benzene rings is 2. The minimum Gasteiger partial charge on any atom is -0.364 e. The zero-order chi connectivity index (χ0) is 20.4. The summed E-state index contributed by atoms with van der Waals surface area (Å²) in [6, 6.07) is 16.8. The number of amides is 2. The second kappa shape index (κ2) is 8.39. The molecular weight excluding hydrogens is 386 g/mol. The van der Waals surface area contributed by atoms with E-state index >= 15 is 0 Å². The van der Waals surface area contributed by atoms with Gasteiger partial charge in [0.1, 0.15) is 5.70 Å². The molecule has 1 saturated heterocycles. The van der Waals surface area contributed by atoms with Crippen LogP contribution in [-0.4, -0.2) is 59.2 Å². The lowest BCUT2D eigenvalue weighted by Gasteiger charge is -2.36. The number of carbonyl (C=O) groups is 2. The number of hydrogen-bond acceptors (Lipinski definition) is 4. The Bertz CT molecular complexity index is 932. The van der Waals surface area contributed by atoms with Crippen LogP contribution in [0.1, 0.15) is 18.1 Å². The molecule has 0 atom stereocenters. The van der Waals surface area contributed by atoms with Crippen molar-refractivity contribution < 1.29 is 9.59 Å². The fourth-order valence-corrected chi connectivity index (χ4v) is 4.06. The molecule has 0 aliphatic carbocycles. The zero-order valence-electron chi connectivity index (χ0n) is 16.5. The number of imide groups is 1. The lowest BCUT2D eigenvalue weighted by molar-refractivity contribution is -0.138. The predicted octanol–water partition coefficient (Wildman–Crippen LogP) is 3.26. The molecule has 0 aromatic heterocycles. The van der Waals surface area contributed by atoms with Gasteiger partial charge in [-0.15, -0.1) is 0 Å². The molecule has 0 unspecified atom stereocenters. The van der Waals surface area contributed by atoms with Crippen LogP contribution in [0.15, 0.2) is 60.3 Å². The van der Waals surface area contributed by atoms with E-state index in [2.05, 4.69) is 16.7 Å². The Hall–Kier alpha value is -2.63. The lowest BCUT2D eigenvalue weighted by Crippen LogP contribution is -2.47. The molecule has 0 N–H and O–H groups in total. The molecule has 1 fully saturated rings. The molecule has 4 rings (SSSR count). The predicted molar refractivity (Wildman–Crippen MR) is 114 cm³/mol. The maximum Gasteiger partial charge on any atom is 0.278 e. The average Bonchev–Trinajstić information content (AvgIpc) is 3.00. The van der Waals surface area contributed by atoms with Crippen LogP contribution in [-0.2, 0) is 16.1 Å². The number of piperazine rings is 1. The topological polar surface area (TPSA) is 43.9 Å². The summed E-state index contributed by atoms with van der Waals surface area (Å²) in [5.74, 6) is -0.456. The highest BCUT2D eigenvalue weighted by Gasteiger charge is 2.42. The van der Waals surface area contributed by atoms with Gasteiger partial charge in [-0.1, -0.05) is 61.0 Å². The van der Waals surface area contributed by atoms with Crippen LogP contribution in [0.5, 0.6) is 0 Å². The number of rotatable bonds is 5. The quantitative estimate of drug-likeness (QED) is 0.711. The van der Waals surface area contributed by atoms with E-state index in [1.54, 1.807) is 12.1 Å². The maximum atomic E-state index is 13.4. The summed E-state index contributed by atoms with van der Waals surface area (Å²) in [6.45, 7) is 6.64. The fraction of sp³-hybridized carbons (Fsp3) is 0.304. The van der Waals surface area contributed by atoms with Gasteiger partial charge < -0.3 is 9.80 Å². The van der Waals surface area contributed by atoms with Crippen molar-refractivity contribution in [1.82, 2.24) is 14.7 Å². The largest absolute Gasteiger partial charge is 0.364 e. The third-order valence-corrected chi connectivity index (χ3v) is 5.85. The zero-order valence-corrected chi connectivity index (χ0v) is 17.2. The van der Waals surface area contributed by atoms with Crippen molar-refractivity contribution in [3.63, 3.8) is 0 Å². The number of halogens is 1. The monoisotopic (exact) mass is 409 g/mol. The molecule has 2 aliphatic rings. The number of hydrogen-bond donors (Lipinski definition) is 0. The van der Waals surface area contributed by atoms with Gasteiger partial charge in [-0.2, -0.15) is 0 Å². The van der Waals surface area contributed by atoms with Crippen molar-refractivity contribution in [2.75, 3.05) is 32.7 Å². The number of carbonyl (C=O) groups excluding carboxylic acids is 2. The first-order valence-electron chi connectivity index (χ1n) is 9.96. The van der Waals surface area contributed by atoms with Crippen LogP contribution >= 0.6 is 11.6 Å². The minimum atomic E-state index is -0.242. The lowest BCUT2D eigenvalue weighted by atomic mass is 10.0. The summed E-state index contributed by atoms with van der Waals surface area (Å²) in [5.41, 5.74) is 2.66. The summed E-state index contributed by atoms with van der Waals surface area (Å²) in [5, 5.41) is 0.602. The second-order valence-electron chi connectivity index (χ2n) is 7.33. The molecule has 2 heterocycles. The first-order valence-corrected chi connectivity index (χ1v) is 10.3. The van der Waals surface area contributed by atoms with Crippen LogP contribution in [0.25, 0.3) is 5.57 Å². The molecule has 0 radical (unpaired) electrons. The molecule has 2 amide bonds. The Balaban J connectivity index is 1.70. The van der Waals surface area contributed by atoms with Crippen LogP contribution < -0.4 is 0 Å². The van der Waals surface area contributed by atoms with E-state index in [0.29, 0.717) is 16.3 Å². The van der Waals surface area contributed by atoms with Crippen molar-refractivity contribution in [3.05, 3.63) is 76.4 Å². The molecule has 29 heavy (non-hydrogen) atoms. The van der Waals surface area contributed by atoms with Crippen LogP contribution in [0.2, 0.25) is 5.02 Å². The van der Waals surface area contributed by atoms with Gasteiger partial charge in [0.2, 0.25) is 0 Å². The summed E-state index contributed by atoms with van der Waals surface area (Å²) < 4.78 is 0. The smallest absolute Gasteiger partial charge is 0.278 e. The van der Waals surface area contributed by atoms with Gasteiger partial charge in [-0.05, 0) is 29.8 Å². The van der Waals surface area contributed by atoms with Crippen molar-refractivity contribution in [3.8, 4) is 0 Å². The van der Waals surface area contributed by atoms with Crippen molar-refractivity contribution in [1.29, 1.82) is 0 Å². The normalized spacial score (nSPS) is 18.1. The standard InChI is InChI=1S/C23H24ClN3O2/c1-2-25-12-14-26(15-13-25)21-20(18-8-10-19(24)11-9-18)22(28)27(23(21)29)16-17-6-4-3-5-7-17/h3-11H,2,12-16H2,1H3. The highest BCUT2D eigenvalue weighted by molar-refractivity contribution is 6.35. The van der Waals surface area contributed by atoms with Gasteiger partial charge in [0.25, 0.3) is 11.8 Å². The van der Waals surface area contributed by atoms with Crippen molar-refractivity contribution >= 4 is 29.0 Å². The first kappa shape index (κ1) is 19.7. The van der Waals surface area contributed by atoms with Crippen LogP contribution in [0, 0.1) is 0 Å². The molecule has 2 aromatic carbocycles. The van der Waals surface area contributed by atoms with E-state index in [1.807, 2.05) is 42.5 Å². The van der Waals surface area contributed by atoms with Gasteiger partial charge in [-0.3, -0.25) is 14.5 Å². The summed E-state index contributed by atoms with van der Waals surface area (Å²) in [4.78, 5) is 32.5. The molecular formula is C23H24ClN3O2. The van der Waals surface area contributed by atoms with Crippen molar-refractivity contribution in [2.45, 2.75) is 13.5 Å². The molecule has 5 nitrogen and oxygen atoms in total. The van der Waals surface area contributed by atoms with Gasteiger partial charge in [0.05, 0.1) is 12.1 Å². The molecule has 0 spiro atoms. The van der Waals surface area contributed by atoms with E-state index in [9.17, 15) is 9.59 Å². The first-order chi connectivity index (χ1) is 14.1. The second-order valence-corrected chi connectivity index (χ2v) is 7.77. The molecule has 2 aromatic rings. The highest BCUT2D eigenvalue weighted by Crippen LogP contribution is 2.33. The Labute approximate surface area is 176 Å². The van der Waals surface area contributed by atoms with Crippen LogP contribution in [0.3, 0.4) is 0 Å². The molecule has 2 aliphatic heterocycles. The van der Waals surface area contributed by atoms with Gasteiger partial charge in [0.15, 0.2) is 0 Å². The molecule has 0 saturated carbocycles. The van der Waals surface area contributed by atoms with Crippen LogP contribution in [0.4, 0.5) is 0 Å². The summed E-state index contributed by atoms with van der Waals surface area (Å²) in [7, 11) is 0. The Morgan fingerprint density at radius 2 is 1.52 bits per heavy atom. The molecule has 150 valence electrons. The summed E-state index contributed by atoms with van der Waals surface area (Å²) >= 11 is 6.04. The Kier molecular flexibility index (Phi) is 5.69. The minimum absolute atomic E-state index is 0.214. The Morgan fingerprint density at radius 3 is 2.14 bits per heavy atom. The number of nitrogens with zero attached hydrogens (tertiary/aromatic N) is 3. The van der Waals surface area contributed by atoms with Gasteiger partial charge >= 0.3 is 0 Å². The number of likely N-dealkylation sites (N-methyl/N-ethyl adjacent to an activating group) is 1. The average molecular weight is 410 g/mol. The SMILES string of the molecule is CCN1CCN(C2=C(c3ccc(Cl)cc3)C(=O)N(Cc3ccccc3)C2=O)CC1. The van der Waals surface area contributed by atoms with Crippen molar-refractivity contribution in [2.24, 2.45) is 0 Å². The fourth-order valence-electron chi connectivity index (χ4n) is 3.93. The third-order valence-electron chi connectivity index (χ3n) is 5.60. The van der Waals surface area contributed by atoms with Gasteiger partial charge in [0, 0.05) is 31.2 Å². The van der Waals surface area contributed by atoms with Gasteiger partial charge in [-0.25, -0.2) is 0 Å². The Morgan fingerprint density at radius 1 is 0.862 bits per heavy atom. The van der Waals surface area contributed by atoms with E-state index < -0.39 is 0 Å². The molecule has 6 heteroatoms. The van der Waals surface area contributed by atoms with E-state index in [0.717, 1.165) is 43.9 Å². The third kappa shape index (κ3) is 3.93. The summed E-state index contributed by atoms with van der Waals surface area (Å²) in [6.07, 6.45) is 0.